The van der Waals surface area contributed by atoms with Gasteiger partial charge in [-0.25, -0.2) is 0 Å². The topological polar surface area (TPSA) is 49.3 Å². The summed E-state index contributed by atoms with van der Waals surface area (Å²) in [5, 5.41) is 7.59. The van der Waals surface area contributed by atoms with Crippen molar-refractivity contribution in [1.82, 2.24) is 15.6 Å². The van der Waals surface area contributed by atoms with E-state index in [0.29, 0.717) is 6.54 Å². The number of nitrogens with one attached hydrogen (secondary N) is 2. The van der Waals surface area contributed by atoms with Crippen LogP contribution in [0.1, 0.15) is 29.7 Å². The Hall–Kier alpha value is -1.34. The summed E-state index contributed by atoms with van der Waals surface area (Å²) < 4.78 is 0. The van der Waals surface area contributed by atoms with E-state index >= 15 is 0 Å². The van der Waals surface area contributed by atoms with Crippen LogP contribution in [0.25, 0.3) is 0 Å². The van der Waals surface area contributed by atoms with Gasteiger partial charge in [0.05, 0.1) is 0 Å². The van der Waals surface area contributed by atoms with Gasteiger partial charge in [0.25, 0.3) is 0 Å². The predicted molar refractivity (Wildman–Crippen MR) is 115 cm³/mol. The minimum atomic E-state index is 0. The van der Waals surface area contributed by atoms with Gasteiger partial charge in [-0.15, -0.1) is 24.0 Å². The van der Waals surface area contributed by atoms with E-state index < -0.39 is 0 Å². The standard InChI is InChI=1S/C19H23ClN4.HI/c1-14-6-7-15(11-22-14)12-23-18(21-2)24-13-19(8-9-19)16-4-3-5-17(20)10-16;/h3-7,10-11H,8-9,12-13H2,1-2H3,(H2,21,23,24);1H. The number of hydrogen-bond acceptors (Lipinski definition) is 2. The van der Waals surface area contributed by atoms with Gasteiger partial charge in [-0.2, -0.15) is 0 Å². The fourth-order valence-electron chi connectivity index (χ4n) is 2.80. The van der Waals surface area contributed by atoms with Crippen molar-refractivity contribution in [2.24, 2.45) is 4.99 Å². The molecule has 0 saturated heterocycles. The van der Waals surface area contributed by atoms with Gasteiger partial charge in [0.2, 0.25) is 0 Å². The summed E-state index contributed by atoms with van der Waals surface area (Å²) in [7, 11) is 1.79. The molecule has 134 valence electrons. The van der Waals surface area contributed by atoms with Gasteiger partial charge in [-0.1, -0.05) is 29.8 Å². The van der Waals surface area contributed by atoms with Crippen LogP contribution in [0.4, 0.5) is 0 Å². The van der Waals surface area contributed by atoms with Crippen LogP contribution in [0.2, 0.25) is 5.02 Å². The van der Waals surface area contributed by atoms with E-state index in [4.69, 9.17) is 11.6 Å². The SMILES string of the molecule is CN=C(NCc1ccc(C)nc1)NCC1(c2cccc(Cl)c2)CC1.I. The van der Waals surface area contributed by atoms with Gasteiger partial charge in [-0.3, -0.25) is 9.98 Å². The van der Waals surface area contributed by atoms with Gasteiger partial charge in [0, 0.05) is 42.5 Å². The highest BCUT2D eigenvalue weighted by atomic mass is 127. The van der Waals surface area contributed by atoms with Crippen molar-refractivity contribution in [3.05, 3.63) is 64.4 Å². The Balaban J connectivity index is 0.00000225. The summed E-state index contributed by atoms with van der Waals surface area (Å²) in [6, 6.07) is 12.3. The van der Waals surface area contributed by atoms with Crippen molar-refractivity contribution in [3.8, 4) is 0 Å². The molecule has 6 heteroatoms. The number of hydrogen-bond donors (Lipinski definition) is 2. The van der Waals surface area contributed by atoms with Crippen molar-refractivity contribution in [2.75, 3.05) is 13.6 Å². The molecule has 1 aliphatic carbocycles. The second kappa shape index (κ2) is 8.85. The van der Waals surface area contributed by atoms with E-state index in [0.717, 1.165) is 28.8 Å². The Morgan fingerprint density at radius 2 is 2.04 bits per heavy atom. The normalized spacial score (nSPS) is 15.2. The molecule has 3 rings (SSSR count). The molecule has 0 atom stereocenters. The molecule has 1 aromatic carbocycles. The molecule has 1 saturated carbocycles. The third-order valence-corrected chi connectivity index (χ3v) is 4.78. The van der Waals surface area contributed by atoms with E-state index in [-0.39, 0.29) is 29.4 Å². The van der Waals surface area contributed by atoms with Crippen molar-refractivity contribution in [2.45, 2.75) is 31.7 Å². The Bertz CT molecular complexity index is 726. The lowest BCUT2D eigenvalue weighted by molar-refractivity contribution is 0.645. The number of halogens is 2. The minimum Gasteiger partial charge on any atom is -0.356 e. The van der Waals surface area contributed by atoms with Crippen LogP contribution in [0, 0.1) is 6.92 Å². The molecule has 0 radical (unpaired) electrons. The Morgan fingerprint density at radius 3 is 2.64 bits per heavy atom. The van der Waals surface area contributed by atoms with E-state index in [1.54, 1.807) is 7.05 Å². The van der Waals surface area contributed by atoms with Crippen LogP contribution in [0.5, 0.6) is 0 Å². The summed E-state index contributed by atoms with van der Waals surface area (Å²) in [4.78, 5) is 8.62. The molecule has 1 aliphatic rings. The monoisotopic (exact) mass is 470 g/mol. The van der Waals surface area contributed by atoms with Crippen molar-refractivity contribution < 1.29 is 0 Å². The average Bonchev–Trinajstić information content (AvgIpc) is 3.38. The molecule has 2 aromatic rings. The summed E-state index contributed by atoms with van der Waals surface area (Å²) in [6.45, 7) is 3.55. The molecular formula is C19H24ClIN4. The van der Waals surface area contributed by atoms with Crippen LogP contribution in [0.3, 0.4) is 0 Å². The maximum atomic E-state index is 6.13. The minimum absolute atomic E-state index is 0. The molecule has 1 heterocycles. The second-order valence-electron chi connectivity index (χ2n) is 6.38. The maximum Gasteiger partial charge on any atom is 0.191 e. The molecule has 25 heavy (non-hydrogen) atoms. The summed E-state index contributed by atoms with van der Waals surface area (Å²) in [5.74, 6) is 0.809. The Labute approximate surface area is 171 Å². The molecule has 1 aromatic heterocycles. The zero-order valence-electron chi connectivity index (χ0n) is 14.6. The first-order valence-corrected chi connectivity index (χ1v) is 8.61. The summed E-state index contributed by atoms with van der Waals surface area (Å²) >= 11 is 6.13. The Morgan fingerprint density at radius 1 is 1.24 bits per heavy atom. The zero-order valence-corrected chi connectivity index (χ0v) is 17.6. The lowest BCUT2D eigenvalue weighted by Gasteiger charge is -2.19. The van der Waals surface area contributed by atoms with Crippen molar-refractivity contribution >= 4 is 41.5 Å². The van der Waals surface area contributed by atoms with Gasteiger partial charge >= 0.3 is 0 Å². The van der Waals surface area contributed by atoms with Crippen LogP contribution in [0.15, 0.2) is 47.6 Å². The number of nitrogens with zero attached hydrogens (tertiary/aromatic N) is 2. The van der Waals surface area contributed by atoms with Crippen LogP contribution in [-0.2, 0) is 12.0 Å². The number of guanidine groups is 1. The molecule has 0 amide bonds. The van der Waals surface area contributed by atoms with Crippen molar-refractivity contribution in [1.29, 1.82) is 0 Å². The molecular weight excluding hydrogens is 447 g/mol. The van der Waals surface area contributed by atoms with Gasteiger partial charge in [0.15, 0.2) is 5.96 Å². The number of aromatic nitrogens is 1. The van der Waals surface area contributed by atoms with Crippen LogP contribution in [-0.4, -0.2) is 24.5 Å². The first kappa shape index (κ1) is 20.0. The fraction of sp³-hybridized carbons (Fsp3) is 0.368. The molecule has 1 fully saturated rings. The lowest BCUT2D eigenvalue weighted by Crippen LogP contribution is -2.40. The second-order valence-corrected chi connectivity index (χ2v) is 6.81. The molecule has 0 aliphatic heterocycles. The first-order chi connectivity index (χ1) is 11.6. The third kappa shape index (κ3) is 5.31. The van der Waals surface area contributed by atoms with E-state index in [2.05, 4.69) is 38.8 Å². The van der Waals surface area contributed by atoms with Gasteiger partial charge in [-0.05, 0) is 49.1 Å². The quantitative estimate of drug-likeness (QED) is 0.394. The van der Waals surface area contributed by atoms with E-state index in [1.807, 2.05) is 31.3 Å². The highest BCUT2D eigenvalue weighted by Gasteiger charge is 2.44. The third-order valence-electron chi connectivity index (χ3n) is 4.54. The van der Waals surface area contributed by atoms with Gasteiger partial charge in [0.1, 0.15) is 0 Å². The highest BCUT2D eigenvalue weighted by Crippen LogP contribution is 2.48. The first-order valence-electron chi connectivity index (χ1n) is 8.23. The zero-order chi connectivity index (χ0) is 17.0. The largest absolute Gasteiger partial charge is 0.356 e. The summed E-state index contributed by atoms with van der Waals surface area (Å²) in [6.07, 6.45) is 4.25. The number of pyridine rings is 1. The number of rotatable bonds is 5. The van der Waals surface area contributed by atoms with E-state index in [9.17, 15) is 0 Å². The fourth-order valence-corrected chi connectivity index (χ4v) is 2.99. The number of benzene rings is 1. The average molecular weight is 471 g/mol. The molecule has 0 bridgehead atoms. The van der Waals surface area contributed by atoms with E-state index in [1.165, 1.54) is 18.4 Å². The van der Waals surface area contributed by atoms with Gasteiger partial charge < -0.3 is 10.6 Å². The van der Waals surface area contributed by atoms with Crippen molar-refractivity contribution in [3.63, 3.8) is 0 Å². The molecule has 4 nitrogen and oxygen atoms in total. The lowest BCUT2D eigenvalue weighted by atomic mass is 9.96. The molecule has 0 spiro atoms. The van der Waals surface area contributed by atoms with Crippen LogP contribution >= 0.6 is 35.6 Å². The van der Waals surface area contributed by atoms with Crippen LogP contribution < -0.4 is 10.6 Å². The maximum absolute atomic E-state index is 6.13. The number of aliphatic imine (C=N–C) groups is 1. The number of aryl methyl sites for hydroxylation is 1. The predicted octanol–water partition coefficient (Wildman–Crippen LogP) is 4.06. The Kier molecular flexibility index (Phi) is 7.07. The molecule has 2 N–H and O–H groups in total. The molecule has 0 unspecified atom stereocenters. The smallest absolute Gasteiger partial charge is 0.191 e. The summed E-state index contributed by atoms with van der Waals surface area (Å²) in [5.41, 5.74) is 3.66. The highest BCUT2D eigenvalue weighted by molar-refractivity contribution is 14.0.